The van der Waals surface area contributed by atoms with E-state index in [1.807, 2.05) is 17.8 Å². The average Bonchev–Trinajstić information content (AvgIpc) is 2.75. The Bertz CT molecular complexity index is 493. The zero-order valence-corrected chi connectivity index (χ0v) is 9.58. The minimum Gasteiger partial charge on any atom is -0.303 e. The molecule has 6 heteroatoms. The number of hydrogen-bond acceptors (Lipinski definition) is 4. The highest BCUT2D eigenvalue weighted by atomic mass is 32.1. The minimum absolute atomic E-state index is 0.631. The number of aromatic amines is 1. The van der Waals surface area contributed by atoms with Crippen LogP contribution in [0.5, 0.6) is 0 Å². The highest BCUT2D eigenvalue weighted by Gasteiger charge is 2.08. The van der Waals surface area contributed by atoms with Crippen LogP contribution in [-0.4, -0.2) is 19.7 Å². The third kappa shape index (κ3) is 1.51. The molecule has 0 aromatic carbocycles. The molecule has 0 unspecified atom stereocenters. The second-order valence-corrected chi connectivity index (χ2v) is 4.39. The number of H-pyrrole nitrogens is 1. The Labute approximate surface area is 90.6 Å². The fourth-order valence-electron chi connectivity index (χ4n) is 1.14. The van der Waals surface area contributed by atoms with Crippen LogP contribution in [0.15, 0.2) is 6.20 Å². The summed E-state index contributed by atoms with van der Waals surface area (Å²) >= 11 is 6.69. The summed E-state index contributed by atoms with van der Waals surface area (Å²) < 4.78 is 2.48. The lowest BCUT2D eigenvalue weighted by atomic mass is 10.5. The molecule has 0 aliphatic rings. The first kappa shape index (κ1) is 9.54. The van der Waals surface area contributed by atoms with Crippen LogP contribution in [0.1, 0.15) is 11.9 Å². The number of nitrogens with zero attached hydrogens (tertiary/aromatic N) is 3. The molecule has 0 aliphatic carbocycles. The number of aryl methyl sites for hydroxylation is 1. The van der Waals surface area contributed by atoms with Crippen LogP contribution in [0, 0.1) is 4.77 Å². The van der Waals surface area contributed by atoms with Gasteiger partial charge in [-0.25, -0.2) is 4.98 Å². The van der Waals surface area contributed by atoms with Crippen LogP contribution >= 0.6 is 23.6 Å². The molecule has 0 bridgehead atoms. The lowest BCUT2D eigenvalue weighted by Gasteiger charge is -1.93. The number of thiazole rings is 1. The van der Waals surface area contributed by atoms with Gasteiger partial charge in [-0.05, 0) is 18.6 Å². The average molecular weight is 226 g/mol. The first-order valence-electron chi connectivity index (χ1n) is 4.29. The van der Waals surface area contributed by atoms with Gasteiger partial charge in [-0.2, -0.15) is 5.10 Å². The van der Waals surface area contributed by atoms with Crippen LogP contribution in [0.4, 0.5) is 0 Å². The summed E-state index contributed by atoms with van der Waals surface area (Å²) in [6.45, 7) is 2.09. The van der Waals surface area contributed by atoms with Gasteiger partial charge < -0.3 is 4.57 Å². The molecule has 14 heavy (non-hydrogen) atoms. The lowest BCUT2D eigenvalue weighted by molar-refractivity contribution is 0.903. The molecule has 2 heterocycles. The Kier molecular flexibility index (Phi) is 2.47. The molecular weight excluding hydrogens is 216 g/mol. The van der Waals surface area contributed by atoms with Crippen molar-refractivity contribution in [3.8, 4) is 10.7 Å². The monoisotopic (exact) mass is 226 g/mol. The van der Waals surface area contributed by atoms with Crippen LogP contribution in [0.3, 0.4) is 0 Å². The molecule has 0 saturated carbocycles. The van der Waals surface area contributed by atoms with Gasteiger partial charge in [0.05, 0.1) is 9.88 Å². The summed E-state index contributed by atoms with van der Waals surface area (Å²) in [5.74, 6) is 0.854. The molecule has 74 valence electrons. The van der Waals surface area contributed by atoms with E-state index in [0.717, 1.165) is 22.1 Å². The molecule has 2 aromatic rings. The van der Waals surface area contributed by atoms with Crippen molar-refractivity contribution in [3.05, 3.63) is 16.0 Å². The third-order valence-electron chi connectivity index (χ3n) is 1.96. The van der Waals surface area contributed by atoms with Crippen molar-refractivity contribution in [2.75, 3.05) is 0 Å². The maximum Gasteiger partial charge on any atom is 0.195 e. The molecular formula is C8H10N4S2. The van der Waals surface area contributed by atoms with Crippen molar-refractivity contribution in [3.63, 3.8) is 0 Å². The fourth-order valence-corrected chi connectivity index (χ4v) is 2.16. The smallest absolute Gasteiger partial charge is 0.195 e. The summed E-state index contributed by atoms with van der Waals surface area (Å²) in [6, 6.07) is 0. The predicted octanol–water partition coefficient (Wildman–Crippen LogP) is 2.16. The van der Waals surface area contributed by atoms with Crippen molar-refractivity contribution in [2.24, 2.45) is 7.05 Å². The van der Waals surface area contributed by atoms with Gasteiger partial charge in [0.15, 0.2) is 10.6 Å². The second kappa shape index (κ2) is 3.62. The van der Waals surface area contributed by atoms with Crippen molar-refractivity contribution in [1.29, 1.82) is 0 Å². The molecule has 2 aromatic heterocycles. The molecule has 0 atom stereocenters. The normalized spacial score (nSPS) is 10.7. The number of aromatic nitrogens is 4. The largest absolute Gasteiger partial charge is 0.303 e. The van der Waals surface area contributed by atoms with Crippen molar-refractivity contribution in [2.45, 2.75) is 13.3 Å². The standard InChI is InChI=1S/C8H10N4S2/c1-3-6-9-4-5(14-6)7-10-11-8(13)12(7)2/h4H,3H2,1-2H3,(H,11,13). The summed E-state index contributed by atoms with van der Waals surface area (Å²) in [5.41, 5.74) is 0. The van der Waals surface area contributed by atoms with Crippen molar-refractivity contribution >= 4 is 23.6 Å². The highest BCUT2D eigenvalue weighted by Crippen LogP contribution is 2.23. The topological polar surface area (TPSA) is 46.5 Å². The molecule has 4 nitrogen and oxygen atoms in total. The van der Waals surface area contributed by atoms with E-state index in [0.29, 0.717) is 4.77 Å². The molecule has 1 N–H and O–H groups in total. The van der Waals surface area contributed by atoms with E-state index in [2.05, 4.69) is 22.1 Å². The number of hydrogen-bond donors (Lipinski definition) is 1. The van der Waals surface area contributed by atoms with E-state index in [1.165, 1.54) is 0 Å². The van der Waals surface area contributed by atoms with E-state index >= 15 is 0 Å². The molecule has 0 spiro atoms. The molecule has 2 rings (SSSR count). The zero-order chi connectivity index (χ0) is 10.1. The van der Waals surface area contributed by atoms with E-state index in [4.69, 9.17) is 12.2 Å². The summed E-state index contributed by atoms with van der Waals surface area (Å²) in [5, 5.41) is 8.03. The van der Waals surface area contributed by atoms with Gasteiger partial charge in [-0.3, -0.25) is 5.10 Å². The Balaban J connectivity index is 2.49. The Hall–Kier alpha value is -1.01. The van der Waals surface area contributed by atoms with E-state index in [-0.39, 0.29) is 0 Å². The first-order chi connectivity index (χ1) is 6.72. The number of nitrogens with one attached hydrogen (secondary N) is 1. The second-order valence-electron chi connectivity index (χ2n) is 2.88. The maximum absolute atomic E-state index is 5.04. The van der Waals surface area contributed by atoms with Gasteiger partial charge in [-0.1, -0.05) is 6.92 Å². The van der Waals surface area contributed by atoms with Gasteiger partial charge in [0.25, 0.3) is 0 Å². The van der Waals surface area contributed by atoms with Crippen LogP contribution in [0.25, 0.3) is 10.7 Å². The summed E-state index contributed by atoms with van der Waals surface area (Å²) in [7, 11) is 1.90. The van der Waals surface area contributed by atoms with Crippen molar-refractivity contribution in [1.82, 2.24) is 19.7 Å². The lowest BCUT2D eigenvalue weighted by Crippen LogP contribution is -1.89. The third-order valence-corrected chi connectivity index (χ3v) is 3.46. The number of rotatable bonds is 2. The fraction of sp³-hybridized carbons (Fsp3) is 0.375. The summed E-state index contributed by atoms with van der Waals surface area (Å²) in [6.07, 6.45) is 2.80. The minimum atomic E-state index is 0.631. The highest BCUT2D eigenvalue weighted by molar-refractivity contribution is 7.71. The molecule has 0 fully saturated rings. The van der Waals surface area contributed by atoms with Gasteiger partial charge in [0.1, 0.15) is 0 Å². The van der Waals surface area contributed by atoms with E-state index in [9.17, 15) is 0 Å². The van der Waals surface area contributed by atoms with Gasteiger partial charge in [0, 0.05) is 13.2 Å². The summed E-state index contributed by atoms with van der Waals surface area (Å²) in [4.78, 5) is 5.33. The Morgan fingerprint density at radius 2 is 2.43 bits per heavy atom. The van der Waals surface area contributed by atoms with Crippen LogP contribution in [0.2, 0.25) is 0 Å². The Morgan fingerprint density at radius 1 is 1.64 bits per heavy atom. The van der Waals surface area contributed by atoms with Crippen molar-refractivity contribution < 1.29 is 0 Å². The molecule has 0 radical (unpaired) electrons. The maximum atomic E-state index is 5.04. The van der Waals surface area contributed by atoms with Gasteiger partial charge >= 0.3 is 0 Å². The zero-order valence-electron chi connectivity index (χ0n) is 7.94. The van der Waals surface area contributed by atoms with E-state index in [1.54, 1.807) is 11.3 Å². The first-order valence-corrected chi connectivity index (χ1v) is 5.51. The molecule has 0 amide bonds. The van der Waals surface area contributed by atoms with Crippen LogP contribution in [-0.2, 0) is 13.5 Å². The quantitative estimate of drug-likeness (QED) is 0.798. The Morgan fingerprint density at radius 3 is 2.93 bits per heavy atom. The predicted molar refractivity (Wildman–Crippen MR) is 58.9 cm³/mol. The molecule has 0 aliphatic heterocycles. The van der Waals surface area contributed by atoms with Crippen LogP contribution < -0.4 is 0 Å². The SMILES string of the molecule is CCc1ncc(-c2n[nH]c(=S)n2C)s1. The van der Waals surface area contributed by atoms with Gasteiger partial charge in [0.2, 0.25) is 0 Å². The molecule has 0 saturated heterocycles. The van der Waals surface area contributed by atoms with E-state index < -0.39 is 0 Å². The van der Waals surface area contributed by atoms with Gasteiger partial charge in [-0.15, -0.1) is 11.3 Å².